The summed E-state index contributed by atoms with van der Waals surface area (Å²) in [5.74, 6) is 1.01. The summed E-state index contributed by atoms with van der Waals surface area (Å²) < 4.78 is 0. The Labute approximate surface area is 96.7 Å². The topological polar surface area (TPSA) is 51.8 Å². The number of anilines is 1. The van der Waals surface area contributed by atoms with Gasteiger partial charge in [-0.25, -0.2) is 0 Å². The third-order valence-electron chi connectivity index (χ3n) is 1.81. The molecule has 1 heterocycles. The summed E-state index contributed by atoms with van der Waals surface area (Å²) in [5.41, 5.74) is 5.50. The Morgan fingerprint density at radius 2 is 2.00 bits per heavy atom. The summed E-state index contributed by atoms with van der Waals surface area (Å²) in [6.07, 6.45) is 0.925. The quantitative estimate of drug-likeness (QED) is 0.830. The average Bonchev–Trinajstić information content (AvgIpc) is 2.66. The van der Waals surface area contributed by atoms with Gasteiger partial charge in [0, 0.05) is 17.1 Å². The van der Waals surface area contributed by atoms with E-state index in [9.17, 15) is 0 Å². The molecule has 78 valence electrons. The summed E-state index contributed by atoms with van der Waals surface area (Å²) >= 11 is 3.29. The first-order valence-electron chi connectivity index (χ1n) is 4.60. The maximum absolute atomic E-state index is 5.50. The lowest BCUT2D eigenvalue weighted by atomic mass is 10.4. The summed E-state index contributed by atoms with van der Waals surface area (Å²) in [7, 11) is 0. The minimum absolute atomic E-state index is 0.551. The molecule has 0 unspecified atom stereocenters. The van der Waals surface area contributed by atoms with Crippen molar-refractivity contribution in [1.82, 2.24) is 10.2 Å². The third kappa shape index (κ3) is 3.21. The van der Waals surface area contributed by atoms with E-state index in [0.717, 1.165) is 17.2 Å². The van der Waals surface area contributed by atoms with E-state index >= 15 is 0 Å². The minimum Gasteiger partial charge on any atom is -0.374 e. The van der Waals surface area contributed by atoms with Gasteiger partial charge in [-0.3, -0.25) is 0 Å². The number of hydrogen-bond acceptors (Lipinski definition) is 5. The summed E-state index contributed by atoms with van der Waals surface area (Å²) in [6, 6.07) is 10.3. The summed E-state index contributed by atoms with van der Waals surface area (Å²) in [5, 5.41) is 9.32. The van der Waals surface area contributed by atoms with E-state index in [-0.39, 0.29) is 0 Å². The first-order chi connectivity index (χ1) is 7.34. The van der Waals surface area contributed by atoms with E-state index in [1.165, 1.54) is 16.2 Å². The number of aromatic nitrogens is 2. The Morgan fingerprint density at radius 1 is 1.20 bits per heavy atom. The molecule has 2 rings (SSSR count). The third-order valence-corrected chi connectivity index (χ3v) is 3.64. The van der Waals surface area contributed by atoms with Crippen LogP contribution in [0.15, 0.2) is 35.2 Å². The molecule has 0 amide bonds. The Bertz CT molecular complexity index is 414. The summed E-state index contributed by atoms with van der Waals surface area (Å²) in [4.78, 5) is 1.29. The fourth-order valence-electron chi connectivity index (χ4n) is 1.14. The van der Waals surface area contributed by atoms with Crippen molar-refractivity contribution in [3.05, 3.63) is 35.3 Å². The number of hydrogen-bond donors (Lipinski definition) is 1. The van der Waals surface area contributed by atoms with Crippen LogP contribution in [0.4, 0.5) is 5.13 Å². The van der Waals surface area contributed by atoms with Gasteiger partial charge in [0.15, 0.2) is 0 Å². The highest BCUT2D eigenvalue weighted by Gasteiger charge is 2.00. The Kier molecular flexibility index (Phi) is 3.58. The highest BCUT2D eigenvalue weighted by atomic mass is 32.2. The van der Waals surface area contributed by atoms with Gasteiger partial charge in [-0.1, -0.05) is 29.5 Å². The molecule has 0 bridgehead atoms. The fourth-order valence-corrected chi connectivity index (χ4v) is 2.76. The predicted molar refractivity (Wildman–Crippen MR) is 65.2 cm³/mol. The molecule has 0 aliphatic carbocycles. The van der Waals surface area contributed by atoms with E-state index in [2.05, 4.69) is 22.3 Å². The van der Waals surface area contributed by atoms with Crippen molar-refractivity contribution in [2.75, 3.05) is 11.5 Å². The summed E-state index contributed by atoms with van der Waals surface area (Å²) in [6.45, 7) is 0. The van der Waals surface area contributed by atoms with Crippen LogP contribution in [-0.4, -0.2) is 16.0 Å². The van der Waals surface area contributed by atoms with Crippen molar-refractivity contribution in [1.29, 1.82) is 0 Å². The van der Waals surface area contributed by atoms with Crippen LogP contribution in [0.5, 0.6) is 0 Å². The van der Waals surface area contributed by atoms with Gasteiger partial charge in [0.2, 0.25) is 5.13 Å². The largest absolute Gasteiger partial charge is 0.374 e. The van der Waals surface area contributed by atoms with Gasteiger partial charge in [0.1, 0.15) is 5.01 Å². The molecule has 15 heavy (non-hydrogen) atoms. The van der Waals surface area contributed by atoms with Crippen molar-refractivity contribution in [3.8, 4) is 0 Å². The number of nitrogens with two attached hydrogens (primary N) is 1. The van der Waals surface area contributed by atoms with Crippen molar-refractivity contribution in [2.45, 2.75) is 11.3 Å². The van der Waals surface area contributed by atoms with Crippen LogP contribution in [0, 0.1) is 0 Å². The van der Waals surface area contributed by atoms with Crippen molar-refractivity contribution in [2.24, 2.45) is 0 Å². The van der Waals surface area contributed by atoms with Gasteiger partial charge in [0.25, 0.3) is 0 Å². The molecule has 1 aromatic carbocycles. The molecular formula is C10H11N3S2. The van der Waals surface area contributed by atoms with E-state index in [0.29, 0.717) is 5.13 Å². The second-order valence-electron chi connectivity index (χ2n) is 2.95. The zero-order valence-electron chi connectivity index (χ0n) is 8.09. The smallest absolute Gasteiger partial charge is 0.203 e. The van der Waals surface area contributed by atoms with Gasteiger partial charge in [0.05, 0.1) is 0 Å². The maximum Gasteiger partial charge on any atom is 0.203 e. The minimum atomic E-state index is 0.551. The number of thioether (sulfide) groups is 1. The van der Waals surface area contributed by atoms with Crippen molar-refractivity contribution < 1.29 is 0 Å². The van der Waals surface area contributed by atoms with Gasteiger partial charge < -0.3 is 5.73 Å². The molecule has 0 saturated carbocycles. The molecule has 0 aliphatic rings. The van der Waals surface area contributed by atoms with Crippen LogP contribution in [0.1, 0.15) is 5.01 Å². The van der Waals surface area contributed by atoms with Crippen molar-refractivity contribution >= 4 is 28.2 Å². The zero-order chi connectivity index (χ0) is 10.5. The first-order valence-corrected chi connectivity index (χ1v) is 6.40. The van der Waals surface area contributed by atoms with Crippen LogP contribution in [-0.2, 0) is 6.42 Å². The molecule has 1 aromatic heterocycles. The van der Waals surface area contributed by atoms with Crippen LogP contribution in [0.25, 0.3) is 0 Å². The van der Waals surface area contributed by atoms with Gasteiger partial charge >= 0.3 is 0 Å². The molecule has 0 atom stereocenters. The standard InChI is InChI=1S/C10H11N3S2/c11-10-13-12-9(15-10)6-7-14-8-4-2-1-3-5-8/h1-5H,6-7H2,(H2,11,13). The lowest BCUT2D eigenvalue weighted by molar-refractivity contribution is 0.993. The normalized spacial score (nSPS) is 10.4. The van der Waals surface area contributed by atoms with Crippen LogP contribution < -0.4 is 5.73 Å². The zero-order valence-corrected chi connectivity index (χ0v) is 9.72. The molecule has 2 aromatic rings. The van der Waals surface area contributed by atoms with Crippen molar-refractivity contribution in [3.63, 3.8) is 0 Å². The Balaban J connectivity index is 1.80. The van der Waals surface area contributed by atoms with E-state index in [1.807, 2.05) is 30.0 Å². The molecule has 0 radical (unpaired) electrons. The molecule has 0 spiro atoms. The fraction of sp³-hybridized carbons (Fsp3) is 0.200. The Hall–Kier alpha value is -1.07. The lowest BCUT2D eigenvalue weighted by Gasteiger charge is -1.98. The second kappa shape index (κ2) is 5.14. The second-order valence-corrected chi connectivity index (χ2v) is 5.21. The predicted octanol–water partition coefficient (Wildman–Crippen LogP) is 2.46. The highest BCUT2D eigenvalue weighted by molar-refractivity contribution is 7.99. The maximum atomic E-state index is 5.50. The number of benzene rings is 1. The average molecular weight is 237 g/mol. The lowest BCUT2D eigenvalue weighted by Crippen LogP contribution is -1.87. The van der Waals surface area contributed by atoms with E-state index in [1.54, 1.807) is 0 Å². The highest BCUT2D eigenvalue weighted by Crippen LogP contribution is 2.19. The van der Waals surface area contributed by atoms with Gasteiger partial charge in [-0.15, -0.1) is 22.0 Å². The van der Waals surface area contributed by atoms with Crippen LogP contribution >= 0.6 is 23.1 Å². The van der Waals surface area contributed by atoms with Gasteiger partial charge in [-0.05, 0) is 12.1 Å². The first kappa shape index (κ1) is 10.4. The van der Waals surface area contributed by atoms with Crippen LogP contribution in [0.3, 0.4) is 0 Å². The molecule has 5 heteroatoms. The molecule has 0 fully saturated rings. The molecule has 2 N–H and O–H groups in total. The number of nitrogens with zero attached hydrogens (tertiary/aromatic N) is 2. The van der Waals surface area contributed by atoms with E-state index < -0.39 is 0 Å². The number of aryl methyl sites for hydroxylation is 1. The molecule has 0 aliphatic heterocycles. The van der Waals surface area contributed by atoms with Crippen LogP contribution in [0.2, 0.25) is 0 Å². The molecule has 0 saturated heterocycles. The number of rotatable bonds is 4. The Morgan fingerprint density at radius 3 is 2.67 bits per heavy atom. The van der Waals surface area contributed by atoms with E-state index in [4.69, 9.17) is 5.73 Å². The molecule has 3 nitrogen and oxygen atoms in total. The number of nitrogen functional groups attached to an aromatic ring is 1. The SMILES string of the molecule is Nc1nnc(CCSc2ccccc2)s1. The molecular weight excluding hydrogens is 226 g/mol. The monoisotopic (exact) mass is 237 g/mol. The van der Waals surface area contributed by atoms with Gasteiger partial charge in [-0.2, -0.15) is 0 Å².